The average Bonchev–Trinajstić information content (AvgIpc) is 3.21. The highest BCUT2D eigenvalue weighted by Gasteiger charge is 2.31. The Morgan fingerprint density at radius 3 is 2.60 bits per heavy atom. The van der Waals surface area contributed by atoms with Gasteiger partial charge in [0.2, 0.25) is 0 Å². The molecule has 6 nitrogen and oxygen atoms in total. The molecular weight excluding hydrogens is 434 g/mol. The first kappa shape index (κ1) is 23.5. The van der Waals surface area contributed by atoms with Gasteiger partial charge in [0.15, 0.2) is 0 Å². The van der Waals surface area contributed by atoms with Crippen molar-refractivity contribution in [2.45, 2.75) is 38.4 Å². The second-order valence-corrected chi connectivity index (χ2v) is 9.90. The zero-order valence-electron chi connectivity index (χ0n) is 20.5. The van der Waals surface area contributed by atoms with Gasteiger partial charge >= 0.3 is 5.69 Å². The van der Waals surface area contributed by atoms with Gasteiger partial charge in [0.1, 0.15) is 0 Å². The molecule has 182 valence electrons. The lowest BCUT2D eigenvalue weighted by molar-refractivity contribution is 0.132. The van der Waals surface area contributed by atoms with Gasteiger partial charge in [0, 0.05) is 38.1 Å². The zero-order valence-corrected chi connectivity index (χ0v) is 20.5. The van der Waals surface area contributed by atoms with Gasteiger partial charge in [-0.25, -0.2) is 4.79 Å². The number of fused-ring (bicyclic) bond motifs is 1. The van der Waals surface area contributed by atoms with Gasteiger partial charge in [-0.1, -0.05) is 48.5 Å². The molecule has 1 saturated heterocycles. The maximum atomic E-state index is 12.9. The topological polar surface area (TPSA) is 57.2 Å². The van der Waals surface area contributed by atoms with Gasteiger partial charge in [-0.05, 0) is 74.6 Å². The quantitative estimate of drug-likeness (QED) is 0.386. The smallest absolute Gasteiger partial charge is 0.306 e. The van der Waals surface area contributed by atoms with Crippen molar-refractivity contribution in [3.05, 3.63) is 101 Å². The molecule has 0 spiro atoms. The van der Waals surface area contributed by atoms with Gasteiger partial charge in [0.05, 0.1) is 11.0 Å². The van der Waals surface area contributed by atoms with E-state index >= 15 is 0 Å². The maximum Gasteiger partial charge on any atom is 0.326 e. The minimum atomic E-state index is 0.0213. The van der Waals surface area contributed by atoms with E-state index in [1.54, 1.807) is 0 Å². The van der Waals surface area contributed by atoms with Crippen molar-refractivity contribution in [1.82, 2.24) is 24.3 Å². The molecule has 4 aromatic rings. The SMILES string of the molecule is CN1CCC(n2c(=O)[nH]c3ccccc32)C(CCCN(Cc2ccccc2)Cc2cccnc2)C1. The van der Waals surface area contributed by atoms with Crippen LogP contribution in [-0.2, 0) is 13.1 Å². The number of H-pyrrole nitrogens is 1. The molecular formula is C29H35N5O. The number of imidazole rings is 1. The Labute approximate surface area is 207 Å². The van der Waals surface area contributed by atoms with E-state index in [4.69, 9.17) is 0 Å². The van der Waals surface area contributed by atoms with Gasteiger partial charge in [0.25, 0.3) is 0 Å². The molecule has 0 radical (unpaired) electrons. The molecule has 3 heterocycles. The molecule has 1 aliphatic rings. The van der Waals surface area contributed by atoms with Crippen molar-refractivity contribution in [2.24, 2.45) is 5.92 Å². The van der Waals surface area contributed by atoms with E-state index < -0.39 is 0 Å². The summed E-state index contributed by atoms with van der Waals surface area (Å²) in [6.45, 7) is 4.87. The number of piperidine rings is 1. The molecule has 35 heavy (non-hydrogen) atoms. The Kier molecular flexibility index (Phi) is 7.40. The van der Waals surface area contributed by atoms with Gasteiger partial charge in [-0.15, -0.1) is 0 Å². The summed E-state index contributed by atoms with van der Waals surface area (Å²) in [7, 11) is 2.20. The number of hydrogen-bond acceptors (Lipinski definition) is 4. The van der Waals surface area contributed by atoms with E-state index in [1.165, 1.54) is 11.1 Å². The third kappa shape index (κ3) is 5.72. The van der Waals surface area contributed by atoms with Crippen molar-refractivity contribution in [2.75, 3.05) is 26.7 Å². The molecule has 1 aliphatic heterocycles. The predicted molar refractivity (Wildman–Crippen MR) is 141 cm³/mol. The molecule has 1 fully saturated rings. The van der Waals surface area contributed by atoms with Gasteiger partial charge < -0.3 is 9.88 Å². The summed E-state index contributed by atoms with van der Waals surface area (Å²) in [6.07, 6.45) is 7.00. The van der Waals surface area contributed by atoms with Gasteiger partial charge in [-0.2, -0.15) is 0 Å². The van der Waals surface area contributed by atoms with Gasteiger partial charge in [-0.3, -0.25) is 14.5 Å². The summed E-state index contributed by atoms with van der Waals surface area (Å²) in [5.41, 5.74) is 4.55. The van der Waals surface area contributed by atoms with Crippen LogP contribution in [0.25, 0.3) is 11.0 Å². The largest absolute Gasteiger partial charge is 0.326 e. The van der Waals surface area contributed by atoms with Crippen molar-refractivity contribution in [3.63, 3.8) is 0 Å². The maximum absolute atomic E-state index is 12.9. The fourth-order valence-corrected chi connectivity index (χ4v) is 5.61. The molecule has 6 heteroatoms. The van der Waals surface area contributed by atoms with E-state index in [2.05, 4.69) is 69.3 Å². The Bertz CT molecular complexity index is 1220. The number of rotatable bonds is 9. The van der Waals surface area contributed by atoms with Crippen LogP contribution in [0.1, 0.15) is 36.4 Å². The van der Waals surface area contributed by atoms with Crippen LogP contribution in [0.3, 0.4) is 0 Å². The third-order valence-corrected chi connectivity index (χ3v) is 7.28. The van der Waals surface area contributed by atoms with Crippen LogP contribution in [0, 0.1) is 5.92 Å². The van der Waals surface area contributed by atoms with E-state index in [0.717, 1.165) is 63.0 Å². The van der Waals surface area contributed by atoms with E-state index in [0.29, 0.717) is 5.92 Å². The van der Waals surface area contributed by atoms with Crippen molar-refractivity contribution in [1.29, 1.82) is 0 Å². The number of aromatic nitrogens is 3. The molecule has 0 aliphatic carbocycles. The van der Waals surface area contributed by atoms with Crippen LogP contribution in [0.2, 0.25) is 0 Å². The molecule has 2 aromatic heterocycles. The number of hydrogen-bond donors (Lipinski definition) is 1. The Hall–Kier alpha value is -3.22. The summed E-state index contributed by atoms with van der Waals surface area (Å²) in [4.78, 5) is 25.2. The number of nitrogens with zero attached hydrogens (tertiary/aromatic N) is 4. The lowest BCUT2D eigenvalue weighted by Gasteiger charge is -2.38. The standard InChI is InChI=1S/C29H35N5O/c1-32-18-15-27(34-28-14-6-5-13-26(28)31-29(34)35)25(22-32)12-8-17-33(20-23-9-3-2-4-10-23)21-24-11-7-16-30-19-24/h2-7,9-11,13-14,16,19,25,27H,8,12,15,17-18,20-22H2,1H3,(H,31,35). The van der Waals surface area contributed by atoms with Crippen molar-refractivity contribution in [3.8, 4) is 0 Å². The van der Waals surface area contributed by atoms with E-state index in [9.17, 15) is 4.79 Å². The zero-order chi connectivity index (χ0) is 24.0. The second-order valence-electron chi connectivity index (χ2n) is 9.90. The molecule has 1 N–H and O–H groups in total. The fourth-order valence-electron chi connectivity index (χ4n) is 5.61. The molecule has 0 bridgehead atoms. The molecule has 2 atom stereocenters. The highest BCUT2D eigenvalue weighted by atomic mass is 16.1. The minimum Gasteiger partial charge on any atom is -0.306 e. The first-order valence-corrected chi connectivity index (χ1v) is 12.7. The molecule has 2 unspecified atom stereocenters. The minimum absolute atomic E-state index is 0.0213. The first-order valence-electron chi connectivity index (χ1n) is 12.7. The number of nitrogens with one attached hydrogen (secondary N) is 1. The number of aromatic amines is 1. The molecule has 2 aromatic carbocycles. The van der Waals surface area contributed by atoms with Crippen LogP contribution in [-0.4, -0.2) is 51.0 Å². The van der Waals surface area contributed by atoms with Crippen molar-refractivity contribution < 1.29 is 0 Å². The van der Waals surface area contributed by atoms with E-state index in [-0.39, 0.29) is 11.7 Å². The Balaban J connectivity index is 1.30. The van der Waals surface area contributed by atoms with Crippen molar-refractivity contribution >= 4 is 11.0 Å². The first-order chi connectivity index (χ1) is 17.2. The normalized spacial score (nSPS) is 18.9. The predicted octanol–water partition coefficient (Wildman–Crippen LogP) is 4.70. The highest BCUT2D eigenvalue weighted by Crippen LogP contribution is 2.32. The monoisotopic (exact) mass is 469 g/mol. The highest BCUT2D eigenvalue weighted by molar-refractivity contribution is 5.75. The summed E-state index contributed by atoms with van der Waals surface area (Å²) in [5, 5.41) is 0. The fraction of sp³-hybridized carbons (Fsp3) is 0.379. The lowest BCUT2D eigenvalue weighted by atomic mass is 9.88. The summed E-state index contributed by atoms with van der Waals surface area (Å²) < 4.78 is 2.03. The van der Waals surface area contributed by atoms with Crippen LogP contribution >= 0.6 is 0 Å². The second kappa shape index (κ2) is 11.0. The van der Waals surface area contributed by atoms with E-state index in [1.807, 2.05) is 41.2 Å². The van der Waals surface area contributed by atoms with Crippen LogP contribution in [0.5, 0.6) is 0 Å². The average molecular weight is 470 g/mol. The Morgan fingerprint density at radius 2 is 1.77 bits per heavy atom. The third-order valence-electron chi connectivity index (χ3n) is 7.28. The number of pyridine rings is 1. The summed E-state index contributed by atoms with van der Waals surface area (Å²) in [5.74, 6) is 0.447. The Morgan fingerprint density at radius 1 is 1.00 bits per heavy atom. The van der Waals surface area contributed by atoms with Crippen LogP contribution in [0.4, 0.5) is 0 Å². The van der Waals surface area contributed by atoms with Crippen LogP contribution < -0.4 is 5.69 Å². The molecule has 0 saturated carbocycles. The number of likely N-dealkylation sites (tertiary alicyclic amines) is 1. The number of para-hydroxylation sites is 2. The summed E-state index contributed by atoms with van der Waals surface area (Å²) in [6, 6.07) is 23.2. The lowest BCUT2D eigenvalue weighted by Crippen LogP contribution is -2.41. The van der Waals surface area contributed by atoms with Crippen LogP contribution in [0.15, 0.2) is 83.9 Å². The molecule has 0 amide bonds. The summed E-state index contributed by atoms with van der Waals surface area (Å²) >= 11 is 0. The molecule has 5 rings (SSSR count). The number of benzene rings is 2.